The summed E-state index contributed by atoms with van der Waals surface area (Å²) in [6.07, 6.45) is 6.29. The van der Waals surface area contributed by atoms with E-state index in [4.69, 9.17) is 11.6 Å². The Morgan fingerprint density at radius 3 is 2.30 bits per heavy atom. The van der Waals surface area contributed by atoms with E-state index in [2.05, 4.69) is 19.9 Å². The molecule has 0 atom stereocenters. The van der Waals surface area contributed by atoms with Gasteiger partial charge in [0.05, 0.1) is 11.5 Å². The van der Waals surface area contributed by atoms with Crippen molar-refractivity contribution >= 4 is 11.6 Å². The molecule has 0 aliphatic heterocycles. The van der Waals surface area contributed by atoms with Gasteiger partial charge in [-0.1, -0.05) is 44.4 Å². The van der Waals surface area contributed by atoms with Gasteiger partial charge in [0.15, 0.2) is 0 Å². The highest BCUT2D eigenvalue weighted by Gasteiger charge is 2.55. The Kier molecular flexibility index (Phi) is 4.39. The molecule has 0 amide bonds. The molecule has 1 saturated carbocycles. The van der Waals surface area contributed by atoms with E-state index >= 15 is 0 Å². The maximum Gasteiger partial charge on any atom is 0.124 e. The van der Waals surface area contributed by atoms with Crippen LogP contribution in [0.3, 0.4) is 0 Å². The first-order chi connectivity index (χ1) is 9.51. The van der Waals surface area contributed by atoms with Gasteiger partial charge < -0.3 is 0 Å². The van der Waals surface area contributed by atoms with Crippen LogP contribution in [0.5, 0.6) is 0 Å². The molecule has 1 fully saturated rings. The van der Waals surface area contributed by atoms with Crippen LogP contribution in [0.4, 0.5) is 4.39 Å². The van der Waals surface area contributed by atoms with Gasteiger partial charge in [-0.25, -0.2) is 4.39 Å². The summed E-state index contributed by atoms with van der Waals surface area (Å²) in [5.74, 6) is -0.348. The SMILES string of the molecule is CCCC1(CCC)CC(C#N)(c2ccc(F)cc2Cl)C1. The molecule has 0 spiro atoms. The van der Waals surface area contributed by atoms with E-state index in [-0.39, 0.29) is 11.2 Å². The van der Waals surface area contributed by atoms with Crippen LogP contribution in [-0.2, 0) is 5.41 Å². The lowest BCUT2D eigenvalue weighted by atomic mass is 9.48. The molecule has 1 nitrogen and oxygen atoms in total. The lowest BCUT2D eigenvalue weighted by Gasteiger charge is -2.54. The number of nitriles is 1. The van der Waals surface area contributed by atoms with Gasteiger partial charge in [0.2, 0.25) is 0 Å². The summed E-state index contributed by atoms with van der Waals surface area (Å²) in [6, 6.07) is 6.86. The quantitative estimate of drug-likeness (QED) is 0.691. The zero-order valence-electron chi connectivity index (χ0n) is 12.2. The second kappa shape index (κ2) is 5.74. The molecule has 1 aromatic carbocycles. The van der Waals surface area contributed by atoms with Crippen LogP contribution >= 0.6 is 11.6 Å². The molecule has 0 bridgehead atoms. The Morgan fingerprint density at radius 2 is 1.85 bits per heavy atom. The topological polar surface area (TPSA) is 23.8 Å². The van der Waals surface area contributed by atoms with Crippen LogP contribution in [0.1, 0.15) is 57.9 Å². The molecule has 108 valence electrons. The van der Waals surface area contributed by atoms with Crippen molar-refractivity contribution in [3.8, 4) is 6.07 Å². The van der Waals surface area contributed by atoms with E-state index in [1.807, 2.05) is 0 Å². The van der Waals surface area contributed by atoms with Gasteiger partial charge in [0.25, 0.3) is 0 Å². The molecule has 0 N–H and O–H groups in total. The Morgan fingerprint density at radius 1 is 1.25 bits per heavy atom. The summed E-state index contributed by atoms with van der Waals surface area (Å²) in [5, 5.41) is 10.0. The van der Waals surface area contributed by atoms with Crippen LogP contribution < -0.4 is 0 Å². The summed E-state index contributed by atoms with van der Waals surface area (Å²) in [4.78, 5) is 0. The van der Waals surface area contributed by atoms with Crippen molar-refractivity contribution in [1.29, 1.82) is 5.26 Å². The molecule has 0 unspecified atom stereocenters. The van der Waals surface area contributed by atoms with Gasteiger partial charge in [-0.3, -0.25) is 0 Å². The Labute approximate surface area is 125 Å². The zero-order chi connectivity index (χ0) is 14.8. The van der Waals surface area contributed by atoms with Crippen LogP contribution in [0.15, 0.2) is 18.2 Å². The molecule has 0 heterocycles. The maximum absolute atomic E-state index is 13.2. The molecule has 1 aliphatic rings. The molecule has 1 aromatic rings. The van der Waals surface area contributed by atoms with Gasteiger partial charge in [0, 0.05) is 5.02 Å². The molecule has 3 heteroatoms. The zero-order valence-corrected chi connectivity index (χ0v) is 12.9. The van der Waals surface area contributed by atoms with Crippen molar-refractivity contribution in [3.63, 3.8) is 0 Å². The first kappa shape index (κ1) is 15.3. The van der Waals surface area contributed by atoms with E-state index in [1.54, 1.807) is 6.07 Å². The standard InChI is InChI=1S/C17H21ClFN/c1-3-7-16(8-4-2)10-17(11-16,12-20)14-6-5-13(19)9-15(14)18/h5-6,9H,3-4,7-8,10-11H2,1-2H3. The molecule has 1 aliphatic carbocycles. The van der Waals surface area contributed by atoms with E-state index in [0.29, 0.717) is 5.02 Å². The highest BCUT2D eigenvalue weighted by molar-refractivity contribution is 6.31. The molecular formula is C17H21ClFN. The molecular weight excluding hydrogens is 273 g/mol. The fourth-order valence-corrected chi connectivity index (χ4v) is 4.32. The smallest absolute Gasteiger partial charge is 0.124 e. The normalized spacial score (nSPS) is 19.1. The van der Waals surface area contributed by atoms with Crippen LogP contribution in [0, 0.1) is 22.6 Å². The van der Waals surface area contributed by atoms with Crippen LogP contribution in [-0.4, -0.2) is 0 Å². The fraction of sp³-hybridized carbons (Fsp3) is 0.588. The van der Waals surface area contributed by atoms with E-state index < -0.39 is 5.41 Å². The minimum atomic E-state index is -0.519. The third-order valence-corrected chi connectivity index (χ3v) is 4.89. The Bertz CT molecular complexity index is 518. The highest BCUT2D eigenvalue weighted by atomic mass is 35.5. The highest BCUT2D eigenvalue weighted by Crippen LogP contribution is 2.60. The number of hydrogen-bond donors (Lipinski definition) is 0. The number of benzene rings is 1. The average molecular weight is 294 g/mol. The summed E-state index contributed by atoms with van der Waals surface area (Å²) < 4.78 is 13.2. The largest absolute Gasteiger partial charge is 0.207 e. The Hall–Kier alpha value is -1.07. The lowest BCUT2D eigenvalue weighted by Crippen LogP contribution is -2.49. The summed E-state index contributed by atoms with van der Waals surface area (Å²) >= 11 is 6.16. The summed E-state index contributed by atoms with van der Waals surface area (Å²) in [5.41, 5.74) is 0.553. The van der Waals surface area contributed by atoms with Gasteiger partial charge in [-0.05, 0) is 48.8 Å². The van der Waals surface area contributed by atoms with Crippen molar-refractivity contribution in [3.05, 3.63) is 34.6 Å². The van der Waals surface area contributed by atoms with E-state index in [1.165, 1.54) is 12.1 Å². The van der Waals surface area contributed by atoms with Gasteiger partial charge >= 0.3 is 0 Å². The van der Waals surface area contributed by atoms with Gasteiger partial charge in [-0.2, -0.15) is 5.26 Å². The predicted octanol–water partition coefficient (Wildman–Crippen LogP) is 5.62. The minimum Gasteiger partial charge on any atom is -0.207 e. The van der Waals surface area contributed by atoms with Crippen LogP contribution in [0.2, 0.25) is 5.02 Å². The van der Waals surface area contributed by atoms with Gasteiger partial charge in [-0.15, -0.1) is 0 Å². The van der Waals surface area contributed by atoms with E-state index in [0.717, 1.165) is 44.1 Å². The average Bonchev–Trinajstić information content (AvgIpc) is 2.36. The third-order valence-electron chi connectivity index (χ3n) is 4.57. The van der Waals surface area contributed by atoms with Crippen molar-refractivity contribution in [2.45, 2.75) is 57.8 Å². The number of nitrogens with zero attached hydrogens (tertiary/aromatic N) is 1. The van der Waals surface area contributed by atoms with Crippen molar-refractivity contribution in [2.24, 2.45) is 5.41 Å². The van der Waals surface area contributed by atoms with Gasteiger partial charge in [0.1, 0.15) is 5.82 Å². The number of rotatable bonds is 5. The number of hydrogen-bond acceptors (Lipinski definition) is 1. The predicted molar refractivity (Wildman–Crippen MR) is 80.2 cm³/mol. The fourth-order valence-electron chi connectivity index (χ4n) is 3.98. The first-order valence-electron chi connectivity index (χ1n) is 7.38. The summed E-state index contributed by atoms with van der Waals surface area (Å²) in [6.45, 7) is 4.38. The van der Waals surface area contributed by atoms with Crippen LogP contribution in [0.25, 0.3) is 0 Å². The lowest BCUT2D eigenvalue weighted by molar-refractivity contribution is 0.0358. The Balaban J connectivity index is 2.28. The molecule has 20 heavy (non-hydrogen) atoms. The molecule has 0 radical (unpaired) electrons. The first-order valence-corrected chi connectivity index (χ1v) is 7.75. The molecule has 0 saturated heterocycles. The third kappa shape index (κ3) is 2.56. The monoisotopic (exact) mass is 293 g/mol. The van der Waals surface area contributed by atoms with Crippen molar-refractivity contribution < 1.29 is 4.39 Å². The summed E-state index contributed by atoms with van der Waals surface area (Å²) in [7, 11) is 0. The molecule has 2 rings (SSSR count). The number of halogens is 2. The van der Waals surface area contributed by atoms with Crippen molar-refractivity contribution in [1.82, 2.24) is 0 Å². The second-order valence-electron chi connectivity index (χ2n) is 6.17. The minimum absolute atomic E-state index is 0.275. The second-order valence-corrected chi connectivity index (χ2v) is 6.58. The van der Waals surface area contributed by atoms with E-state index in [9.17, 15) is 9.65 Å². The van der Waals surface area contributed by atoms with Crippen molar-refractivity contribution in [2.75, 3.05) is 0 Å². The maximum atomic E-state index is 13.2. The molecule has 0 aromatic heterocycles.